The molecular formula is C15H22O4. The largest absolute Gasteiger partial charge is 0.464 e. The van der Waals surface area contributed by atoms with Gasteiger partial charge in [-0.3, -0.25) is 0 Å². The first-order valence-corrected chi connectivity index (χ1v) is 6.53. The van der Waals surface area contributed by atoms with E-state index in [4.69, 9.17) is 14.2 Å². The monoisotopic (exact) mass is 266 g/mol. The van der Waals surface area contributed by atoms with Crippen molar-refractivity contribution in [3.8, 4) is 0 Å². The van der Waals surface area contributed by atoms with Gasteiger partial charge in [0.25, 0.3) is 0 Å². The predicted octanol–water partition coefficient (Wildman–Crippen LogP) is 2.42. The van der Waals surface area contributed by atoms with E-state index in [2.05, 4.69) is 0 Å². The Kier molecular flexibility index (Phi) is 7.86. The molecule has 19 heavy (non-hydrogen) atoms. The first kappa shape index (κ1) is 15.7. The molecule has 4 nitrogen and oxygen atoms in total. The minimum Gasteiger partial charge on any atom is -0.464 e. The molecule has 1 aromatic carbocycles. The van der Waals surface area contributed by atoms with Gasteiger partial charge in [-0.25, -0.2) is 4.79 Å². The van der Waals surface area contributed by atoms with Crippen LogP contribution < -0.4 is 0 Å². The van der Waals surface area contributed by atoms with Crippen molar-refractivity contribution in [1.82, 2.24) is 0 Å². The lowest BCUT2D eigenvalue weighted by Gasteiger charge is -2.08. The molecule has 4 heteroatoms. The van der Waals surface area contributed by atoms with Crippen molar-refractivity contribution in [2.24, 2.45) is 5.92 Å². The van der Waals surface area contributed by atoms with Crippen LogP contribution in [0.4, 0.5) is 0 Å². The molecule has 0 N–H and O–H groups in total. The van der Waals surface area contributed by atoms with Gasteiger partial charge < -0.3 is 14.2 Å². The van der Waals surface area contributed by atoms with Gasteiger partial charge in [0, 0.05) is 0 Å². The zero-order chi connectivity index (χ0) is 13.9. The maximum absolute atomic E-state index is 11.2. The summed E-state index contributed by atoms with van der Waals surface area (Å²) in [4.78, 5) is 11.2. The second-order valence-corrected chi connectivity index (χ2v) is 4.67. The highest BCUT2D eigenvalue weighted by Crippen LogP contribution is 2.00. The van der Waals surface area contributed by atoms with Crippen molar-refractivity contribution in [3.63, 3.8) is 0 Å². The molecule has 0 unspecified atom stereocenters. The molecule has 0 aliphatic heterocycles. The number of benzene rings is 1. The maximum atomic E-state index is 11.2. The summed E-state index contributed by atoms with van der Waals surface area (Å²) in [6.07, 6.45) is 0. The first-order chi connectivity index (χ1) is 9.18. The number of carbonyl (C=O) groups excluding carboxylic acids is 1. The summed E-state index contributed by atoms with van der Waals surface area (Å²) >= 11 is 0. The Hall–Kier alpha value is -1.39. The van der Waals surface area contributed by atoms with E-state index in [1.807, 2.05) is 44.2 Å². The van der Waals surface area contributed by atoms with E-state index in [1.165, 1.54) is 0 Å². The van der Waals surface area contributed by atoms with Crippen LogP contribution in [0.15, 0.2) is 30.3 Å². The van der Waals surface area contributed by atoms with E-state index >= 15 is 0 Å². The van der Waals surface area contributed by atoms with Crippen molar-refractivity contribution >= 4 is 5.97 Å². The Labute approximate surface area is 114 Å². The predicted molar refractivity (Wildman–Crippen MR) is 72.7 cm³/mol. The quantitative estimate of drug-likeness (QED) is 0.508. The van der Waals surface area contributed by atoms with Gasteiger partial charge in [0.05, 0.1) is 26.4 Å². The highest BCUT2D eigenvalue weighted by molar-refractivity contribution is 5.70. The minimum absolute atomic E-state index is 0.0125. The molecule has 106 valence electrons. The highest BCUT2D eigenvalue weighted by Gasteiger charge is 2.04. The van der Waals surface area contributed by atoms with Crippen molar-refractivity contribution in [2.45, 2.75) is 20.5 Å². The fraction of sp³-hybridized carbons (Fsp3) is 0.533. The number of hydrogen-bond acceptors (Lipinski definition) is 4. The number of carbonyl (C=O) groups is 1. The third-order valence-corrected chi connectivity index (χ3v) is 2.28. The van der Waals surface area contributed by atoms with Crippen LogP contribution in [-0.4, -0.2) is 32.4 Å². The molecule has 0 atom stereocenters. The van der Waals surface area contributed by atoms with Gasteiger partial charge in [0.1, 0.15) is 6.61 Å². The standard InChI is InChI=1S/C15H22O4/c1-13(2)10-19-15(16)12-18-9-8-17-11-14-6-4-3-5-7-14/h3-7,13H,8-12H2,1-2H3. The summed E-state index contributed by atoms with van der Waals surface area (Å²) in [5.41, 5.74) is 1.12. The lowest BCUT2D eigenvalue weighted by molar-refractivity contribution is -0.150. The summed E-state index contributed by atoms with van der Waals surface area (Å²) in [5.74, 6) is 0.0231. The van der Waals surface area contributed by atoms with Crippen molar-refractivity contribution in [2.75, 3.05) is 26.4 Å². The summed E-state index contributed by atoms with van der Waals surface area (Å²) < 4.78 is 15.6. The maximum Gasteiger partial charge on any atom is 0.332 e. The second-order valence-electron chi connectivity index (χ2n) is 4.67. The average Bonchev–Trinajstić information content (AvgIpc) is 2.41. The molecule has 0 bridgehead atoms. The van der Waals surface area contributed by atoms with Crippen LogP contribution >= 0.6 is 0 Å². The lowest BCUT2D eigenvalue weighted by atomic mass is 10.2. The molecule has 1 rings (SSSR count). The molecule has 0 heterocycles. The van der Waals surface area contributed by atoms with Crippen LogP contribution in [0.5, 0.6) is 0 Å². The molecule has 1 aromatic rings. The lowest BCUT2D eigenvalue weighted by Crippen LogP contribution is -2.17. The van der Waals surface area contributed by atoms with Gasteiger partial charge >= 0.3 is 5.97 Å². The smallest absolute Gasteiger partial charge is 0.332 e. The molecule has 0 amide bonds. The number of rotatable bonds is 9. The van der Waals surface area contributed by atoms with Crippen molar-refractivity contribution in [3.05, 3.63) is 35.9 Å². The molecule has 0 aliphatic carbocycles. The fourth-order valence-electron chi connectivity index (χ4n) is 1.34. The van der Waals surface area contributed by atoms with Crippen LogP contribution in [0.1, 0.15) is 19.4 Å². The van der Waals surface area contributed by atoms with Crippen LogP contribution in [-0.2, 0) is 25.6 Å². The van der Waals surface area contributed by atoms with Crippen molar-refractivity contribution in [1.29, 1.82) is 0 Å². The zero-order valence-electron chi connectivity index (χ0n) is 11.6. The summed E-state index contributed by atoms with van der Waals surface area (Å²) in [6, 6.07) is 9.92. The Morgan fingerprint density at radius 2 is 1.79 bits per heavy atom. The normalized spacial score (nSPS) is 10.7. The van der Waals surface area contributed by atoms with Gasteiger partial charge in [-0.1, -0.05) is 44.2 Å². The SMILES string of the molecule is CC(C)COC(=O)COCCOCc1ccccc1. The van der Waals surface area contributed by atoms with Gasteiger partial charge in [-0.05, 0) is 11.5 Å². The molecule has 0 spiro atoms. The van der Waals surface area contributed by atoms with Crippen LogP contribution in [0.3, 0.4) is 0 Å². The van der Waals surface area contributed by atoms with E-state index in [9.17, 15) is 4.79 Å². The fourth-order valence-corrected chi connectivity index (χ4v) is 1.34. The third-order valence-electron chi connectivity index (χ3n) is 2.28. The van der Waals surface area contributed by atoms with Gasteiger partial charge in [-0.15, -0.1) is 0 Å². The first-order valence-electron chi connectivity index (χ1n) is 6.53. The van der Waals surface area contributed by atoms with Gasteiger partial charge in [0.15, 0.2) is 0 Å². The number of esters is 1. The van der Waals surface area contributed by atoms with E-state index in [0.717, 1.165) is 5.56 Å². The van der Waals surface area contributed by atoms with Gasteiger partial charge in [0.2, 0.25) is 0 Å². The van der Waals surface area contributed by atoms with E-state index in [1.54, 1.807) is 0 Å². The molecule has 0 aromatic heterocycles. The molecule has 0 fully saturated rings. The van der Waals surface area contributed by atoms with Crippen molar-refractivity contribution < 1.29 is 19.0 Å². The number of hydrogen-bond donors (Lipinski definition) is 0. The highest BCUT2D eigenvalue weighted by atomic mass is 16.6. The number of ether oxygens (including phenoxy) is 3. The Bertz CT molecular complexity index is 348. The third kappa shape index (κ3) is 8.35. The Morgan fingerprint density at radius 3 is 2.47 bits per heavy atom. The summed E-state index contributed by atoms with van der Waals surface area (Å²) in [7, 11) is 0. The minimum atomic E-state index is -0.322. The van der Waals surface area contributed by atoms with Gasteiger partial charge in [-0.2, -0.15) is 0 Å². The molecule has 0 radical (unpaired) electrons. The van der Waals surface area contributed by atoms with E-state index < -0.39 is 0 Å². The van der Waals surface area contributed by atoms with Crippen LogP contribution in [0.2, 0.25) is 0 Å². The second kappa shape index (κ2) is 9.53. The topological polar surface area (TPSA) is 44.8 Å². The molecule has 0 saturated carbocycles. The Balaban J connectivity index is 1.95. The molecular weight excluding hydrogens is 244 g/mol. The average molecular weight is 266 g/mol. The molecule has 0 aliphatic rings. The van der Waals surface area contributed by atoms with Crippen LogP contribution in [0.25, 0.3) is 0 Å². The van der Waals surface area contributed by atoms with E-state index in [0.29, 0.717) is 32.3 Å². The summed E-state index contributed by atoms with van der Waals surface area (Å²) in [5, 5.41) is 0. The Morgan fingerprint density at radius 1 is 1.11 bits per heavy atom. The van der Waals surface area contributed by atoms with E-state index in [-0.39, 0.29) is 12.6 Å². The molecule has 0 saturated heterocycles. The van der Waals surface area contributed by atoms with Crippen LogP contribution in [0, 0.1) is 5.92 Å². The zero-order valence-corrected chi connectivity index (χ0v) is 11.6. The summed E-state index contributed by atoms with van der Waals surface area (Å²) in [6.45, 7) is 5.82.